The largest absolute Gasteiger partial charge is 1.00 e. The molecule has 1 heterocycles. The Labute approximate surface area is 150 Å². The molecule has 1 aromatic rings. The van der Waals surface area contributed by atoms with Crippen molar-refractivity contribution in [3.63, 3.8) is 0 Å². The van der Waals surface area contributed by atoms with Crippen LogP contribution in [0.2, 0.25) is 0 Å². The van der Waals surface area contributed by atoms with Crippen LogP contribution in [-0.2, 0) is 9.84 Å². The Balaban J connectivity index is 0.00000400. The van der Waals surface area contributed by atoms with Gasteiger partial charge in [0.2, 0.25) is 0 Å². The van der Waals surface area contributed by atoms with Gasteiger partial charge in [0.1, 0.15) is 5.16 Å². The molecule has 5 nitrogen and oxygen atoms in total. The van der Waals surface area contributed by atoms with Crippen molar-refractivity contribution < 1.29 is 38.0 Å². The van der Waals surface area contributed by atoms with Crippen LogP contribution in [0.1, 0.15) is 71.1 Å². The van der Waals surface area contributed by atoms with Crippen LogP contribution in [0.25, 0.3) is 0 Å². The number of nitrogens with zero attached hydrogens (tertiary/aromatic N) is 3. The van der Waals surface area contributed by atoms with Crippen molar-refractivity contribution in [3.8, 4) is 0 Å². The first-order valence-corrected chi connectivity index (χ1v) is 9.35. The number of aromatic nitrogens is 3. The van der Waals surface area contributed by atoms with E-state index >= 15 is 0 Å². The molecule has 1 aromatic heterocycles. The van der Waals surface area contributed by atoms with Crippen molar-refractivity contribution in [2.45, 2.75) is 76.3 Å². The summed E-state index contributed by atoms with van der Waals surface area (Å²) in [6.45, 7) is 2.23. The molecule has 0 radical (unpaired) electrons. The molecule has 0 aliphatic carbocycles. The summed E-state index contributed by atoms with van der Waals surface area (Å²) in [5.41, 5.74) is 0. The number of unbranched alkanes of at least 4 members (excludes halogenated alkanes) is 9. The smallest absolute Gasteiger partial charge is 0.416 e. The van der Waals surface area contributed by atoms with E-state index < -0.39 is 9.84 Å². The fourth-order valence-corrected chi connectivity index (χ4v) is 3.34. The molecule has 0 unspecified atom stereocenters. The molecule has 116 valence electrons. The summed E-state index contributed by atoms with van der Waals surface area (Å²) >= 11 is 0. The predicted molar refractivity (Wildman–Crippen MR) is 79.2 cm³/mol. The molecular weight excluding hydrogens is 297 g/mol. The van der Waals surface area contributed by atoms with Gasteiger partial charge in [-0.25, -0.2) is 8.42 Å². The fraction of sp³-hybridized carbons (Fsp3) is 0.857. The van der Waals surface area contributed by atoms with Gasteiger partial charge in [-0.3, -0.25) is 5.10 Å². The Kier molecular flexibility index (Phi) is 12.7. The minimum Gasteiger partial charge on any atom is -0.416 e. The average Bonchev–Trinajstić information content (AvgIpc) is 2.96. The van der Waals surface area contributed by atoms with Crippen LogP contribution >= 0.6 is 0 Å². The van der Waals surface area contributed by atoms with Crippen molar-refractivity contribution in [3.05, 3.63) is 6.33 Å². The van der Waals surface area contributed by atoms with E-state index in [9.17, 15) is 8.42 Å². The van der Waals surface area contributed by atoms with E-state index in [0.29, 0.717) is 6.42 Å². The standard InChI is InChI=1S/C14H26N3O2S.Na/c1-2-3-4-5-6-7-8-9-10-11-12-20(18,19)14-15-13-16-17-14;/h13H,2-12H2,1H3;/q-1;+1. The molecular formula is C14H26N3NaO2S. The van der Waals surface area contributed by atoms with Gasteiger partial charge in [-0.1, -0.05) is 71.0 Å². The number of hydrogen-bond acceptors (Lipinski definition) is 4. The average molecular weight is 323 g/mol. The molecule has 0 bridgehead atoms. The third kappa shape index (κ3) is 9.66. The van der Waals surface area contributed by atoms with Crippen LogP contribution in [0.15, 0.2) is 11.5 Å². The maximum Gasteiger partial charge on any atom is 1.00 e. The Bertz CT molecular complexity index is 435. The van der Waals surface area contributed by atoms with Crippen LogP contribution in [-0.4, -0.2) is 24.3 Å². The molecule has 1 rings (SSSR count). The van der Waals surface area contributed by atoms with Crippen LogP contribution in [0.5, 0.6) is 0 Å². The molecule has 21 heavy (non-hydrogen) atoms. The normalized spacial score (nSPS) is 11.3. The SMILES string of the molecule is CCCCCCCCCCCCS(=O)(=O)c1nc[n-]n1.[Na+]. The summed E-state index contributed by atoms with van der Waals surface area (Å²) < 4.78 is 23.5. The quantitative estimate of drug-likeness (QED) is 0.404. The van der Waals surface area contributed by atoms with Gasteiger partial charge in [0.05, 0.1) is 5.75 Å². The van der Waals surface area contributed by atoms with Crippen molar-refractivity contribution in [2.75, 3.05) is 5.75 Å². The summed E-state index contributed by atoms with van der Waals surface area (Å²) in [6.07, 6.45) is 13.0. The van der Waals surface area contributed by atoms with Crippen molar-refractivity contribution >= 4 is 9.84 Å². The van der Waals surface area contributed by atoms with Crippen molar-refractivity contribution in [1.29, 1.82) is 0 Å². The van der Waals surface area contributed by atoms with E-state index in [4.69, 9.17) is 0 Å². The van der Waals surface area contributed by atoms with Gasteiger partial charge < -0.3 is 10.1 Å². The molecule has 0 aliphatic heterocycles. The van der Waals surface area contributed by atoms with E-state index in [1.165, 1.54) is 51.3 Å². The second-order valence-corrected chi connectivity index (χ2v) is 7.25. The second kappa shape index (κ2) is 12.6. The summed E-state index contributed by atoms with van der Waals surface area (Å²) in [5, 5.41) is 6.82. The van der Waals surface area contributed by atoms with E-state index in [2.05, 4.69) is 22.1 Å². The minimum atomic E-state index is -3.31. The van der Waals surface area contributed by atoms with Crippen molar-refractivity contribution in [1.82, 2.24) is 15.2 Å². The Morgan fingerprint density at radius 3 is 1.95 bits per heavy atom. The zero-order chi connectivity index (χ0) is 14.7. The first kappa shape index (κ1) is 21.1. The van der Waals surface area contributed by atoms with Gasteiger partial charge in [-0.2, -0.15) is 0 Å². The predicted octanol–water partition coefficient (Wildman–Crippen LogP) is 0.132. The Morgan fingerprint density at radius 1 is 0.952 bits per heavy atom. The van der Waals surface area contributed by atoms with Crippen molar-refractivity contribution in [2.24, 2.45) is 0 Å². The Hall–Kier alpha value is 0.0900. The molecule has 7 heteroatoms. The first-order chi connectivity index (χ1) is 9.67. The van der Waals surface area contributed by atoms with E-state index in [0.717, 1.165) is 12.8 Å². The second-order valence-electron chi connectivity index (χ2n) is 5.24. The number of hydrogen-bond donors (Lipinski definition) is 0. The third-order valence-corrected chi connectivity index (χ3v) is 4.98. The summed E-state index contributed by atoms with van der Waals surface area (Å²) in [6, 6.07) is 0. The minimum absolute atomic E-state index is 0. The molecule has 0 aliphatic rings. The molecule has 0 aromatic carbocycles. The van der Waals surface area contributed by atoms with Gasteiger partial charge in [0, 0.05) is 0 Å². The zero-order valence-electron chi connectivity index (χ0n) is 13.4. The number of sulfone groups is 1. The summed E-state index contributed by atoms with van der Waals surface area (Å²) in [5.74, 6) is 0.134. The van der Waals surface area contributed by atoms with Gasteiger partial charge in [0.15, 0.2) is 9.84 Å². The van der Waals surface area contributed by atoms with E-state index in [1.807, 2.05) is 0 Å². The molecule has 0 spiro atoms. The van der Waals surface area contributed by atoms with E-state index in [-0.39, 0.29) is 40.5 Å². The molecule has 0 fully saturated rings. The van der Waals surface area contributed by atoms with Crippen LogP contribution in [0.4, 0.5) is 0 Å². The first-order valence-electron chi connectivity index (χ1n) is 7.70. The molecule has 0 atom stereocenters. The van der Waals surface area contributed by atoms with Crippen LogP contribution in [0.3, 0.4) is 0 Å². The van der Waals surface area contributed by atoms with Gasteiger partial charge in [-0.05, 0) is 6.42 Å². The van der Waals surface area contributed by atoms with Crippen LogP contribution in [0, 0.1) is 0 Å². The topological polar surface area (TPSA) is 74.0 Å². The molecule has 0 N–H and O–H groups in total. The summed E-state index contributed by atoms with van der Waals surface area (Å²) in [4.78, 5) is 3.64. The molecule has 0 saturated carbocycles. The zero-order valence-corrected chi connectivity index (χ0v) is 16.2. The summed E-state index contributed by atoms with van der Waals surface area (Å²) in [7, 11) is -3.31. The number of rotatable bonds is 12. The fourth-order valence-electron chi connectivity index (χ4n) is 2.19. The van der Waals surface area contributed by atoms with E-state index in [1.54, 1.807) is 0 Å². The van der Waals surface area contributed by atoms with Crippen LogP contribution < -0.4 is 34.7 Å². The molecule has 0 saturated heterocycles. The van der Waals surface area contributed by atoms with Gasteiger partial charge in [0.25, 0.3) is 0 Å². The third-order valence-electron chi connectivity index (χ3n) is 3.41. The van der Waals surface area contributed by atoms with Gasteiger partial charge in [-0.15, -0.1) is 0 Å². The maximum atomic E-state index is 11.8. The Morgan fingerprint density at radius 2 is 1.48 bits per heavy atom. The maximum absolute atomic E-state index is 11.8. The molecule has 0 amide bonds. The monoisotopic (exact) mass is 323 g/mol. The van der Waals surface area contributed by atoms with Gasteiger partial charge >= 0.3 is 29.6 Å².